The van der Waals surface area contributed by atoms with Gasteiger partial charge in [-0.25, -0.2) is 0 Å². The van der Waals surface area contributed by atoms with Gasteiger partial charge >= 0.3 is 0 Å². The summed E-state index contributed by atoms with van der Waals surface area (Å²) in [4.78, 5) is 0. The Bertz CT molecular complexity index is 1400. The largest absolute Gasteiger partial charge is 0.0986 e. The van der Waals surface area contributed by atoms with E-state index in [1.54, 1.807) is 5.56 Å². The summed E-state index contributed by atoms with van der Waals surface area (Å²) in [5.74, 6) is 3.33. The van der Waals surface area contributed by atoms with E-state index in [9.17, 15) is 0 Å². The van der Waals surface area contributed by atoms with Crippen molar-refractivity contribution in [3.8, 4) is 11.1 Å². The van der Waals surface area contributed by atoms with Crippen molar-refractivity contribution >= 4 is 6.08 Å². The van der Waals surface area contributed by atoms with Crippen molar-refractivity contribution in [3.63, 3.8) is 0 Å². The minimum absolute atomic E-state index is 0.286. The molecule has 2 aromatic rings. The molecule has 5 rings (SSSR count). The van der Waals surface area contributed by atoms with Gasteiger partial charge in [0.25, 0.3) is 0 Å². The van der Waals surface area contributed by atoms with Gasteiger partial charge < -0.3 is 0 Å². The Kier molecular flexibility index (Phi) is 9.75. The number of rotatable bonds is 9. The summed E-state index contributed by atoms with van der Waals surface area (Å²) < 4.78 is 0. The van der Waals surface area contributed by atoms with Crippen molar-refractivity contribution in [3.05, 3.63) is 100 Å². The highest BCUT2D eigenvalue weighted by molar-refractivity contribution is 5.80. The van der Waals surface area contributed by atoms with Gasteiger partial charge in [-0.2, -0.15) is 0 Å². The number of aryl methyl sites for hydroxylation is 2. The van der Waals surface area contributed by atoms with Crippen molar-refractivity contribution < 1.29 is 0 Å². The molecule has 0 aromatic heterocycles. The first kappa shape index (κ1) is 31.8. The smallest absolute Gasteiger partial charge is 0.00827 e. The van der Waals surface area contributed by atoms with Gasteiger partial charge in [-0.15, -0.1) is 0 Å². The van der Waals surface area contributed by atoms with Gasteiger partial charge in [0.2, 0.25) is 0 Å². The van der Waals surface area contributed by atoms with Crippen LogP contribution in [0.4, 0.5) is 0 Å². The third-order valence-electron chi connectivity index (χ3n) is 11.0. The molecule has 3 aliphatic rings. The zero-order valence-electron chi connectivity index (χ0n) is 28.5. The Morgan fingerprint density at radius 3 is 2.49 bits per heavy atom. The standard InChI is InChI=1S/C43H58/c1-10-11-13-33-17-19-35(30(4)22-33)26-40-31(5)20-28(2)21-42(40)38-15-12-14-36-23-34(25-41(36)38)24-39-29(3)16-18-37(32(39)6)27-43(7,8)9/h12,14-16,18,20-21,23,30,33,35,37,39H,3,6,10-11,13,17,19,22,24-27H2,1-2,4-5,7-9H3/t30?,33?,35-,37?,39?/m0/s1. The van der Waals surface area contributed by atoms with Crippen LogP contribution in [0.15, 0.2) is 72.4 Å². The van der Waals surface area contributed by atoms with Crippen LogP contribution in [0.5, 0.6) is 0 Å². The quantitative estimate of drug-likeness (QED) is 0.261. The van der Waals surface area contributed by atoms with E-state index in [1.807, 2.05) is 0 Å². The number of fused-ring (bicyclic) bond motifs is 1. The van der Waals surface area contributed by atoms with Crippen molar-refractivity contribution in [2.45, 2.75) is 113 Å². The highest BCUT2D eigenvalue weighted by Crippen LogP contribution is 2.45. The molecular weight excluding hydrogens is 516 g/mol. The molecule has 0 aliphatic heterocycles. The lowest BCUT2D eigenvalue weighted by atomic mass is 9.70. The topological polar surface area (TPSA) is 0 Å². The molecule has 0 saturated heterocycles. The van der Waals surface area contributed by atoms with Crippen LogP contribution in [0, 0.1) is 48.9 Å². The summed E-state index contributed by atoms with van der Waals surface area (Å²) in [5.41, 5.74) is 14.7. The molecule has 0 radical (unpaired) electrons. The van der Waals surface area contributed by atoms with Crippen LogP contribution in [-0.4, -0.2) is 0 Å². The molecule has 5 atom stereocenters. The van der Waals surface area contributed by atoms with Crippen LogP contribution < -0.4 is 0 Å². The molecule has 0 heteroatoms. The number of allylic oxidation sites excluding steroid dienone is 5. The predicted octanol–water partition coefficient (Wildman–Crippen LogP) is 12.4. The summed E-state index contributed by atoms with van der Waals surface area (Å²) in [6, 6.07) is 11.9. The molecule has 0 nitrogen and oxygen atoms in total. The van der Waals surface area contributed by atoms with E-state index < -0.39 is 0 Å². The Morgan fingerprint density at radius 2 is 1.77 bits per heavy atom. The third kappa shape index (κ3) is 7.38. The Balaban J connectivity index is 1.37. The van der Waals surface area contributed by atoms with Crippen LogP contribution in [0.2, 0.25) is 0 Å². The first-order chi connectivity index (χ1) is 20.4. The number of hydrogen-bond acceptors (Lipinski definition) is 0. The van der Waals surface area contributed by atoms with Crippen molar-refractivity contribution in [1.82, 2.24) is 0 Å². The van der Waals surface area contributed by atoms with Crippen molar-refractivity contribution in [2.24, 2.45) is 35.0 Å². The van der Waals surface area contributed by atoms with E-state index in [1.165, 1.54) is 95.0 Å². The van der Waals surface area contributed by atoms with E-state index >= 15 is 0 Å². The summed E-state index contributed by atoms with van der Waals surface area (Å²) in [6.07, 6.45) is 20.0. The van der Waals surface area contributed by atoms with Crippen LogP contribution in [0.3, 0.4) is 0 Å². The second-order valence-corrected chi connectivity index (χ2v) is 15.9. The minimum Gasteiger partial charge on any atom is -0.0986 e. The van der Waals surface area contributed by atoms with Crippen LogP contribution >= 0.6 is 0 Å². The Labute approximate surface area is 264 Å². The van der Waals surface area contributed by atoms with Crippen LogP contribution in [0.25, 0.3) is 17.2 Å². The first-order valence-corrected chi connectivity index (χ1v) is 17.4. The molecule has 0 spiro atoms. The molecule has 0 amide bonds. The molecule has 1 fully saturated rings. The van der Waals surface area contributed by atoms with Gasteiger partial charge in [-0.1, -0.05) is 139 Å². The lowest BCUT2D eigenvalue weighted by molar-refractivity contribution is 0.183. The van der Waals surface area contributed by atoms with Gasteiger partial charge in [-0.05, 0) is 120 Å². The van der Waals surface area contributed by atoms with Gasteiger partial charge in [0.05, 0.1) is 0 Å². The highest BCUT2D eigenvalue weighted by Gasteiger charge is 2.31. The Hall–Kier alpha value is -2.60. The first-order valence-electron chi connectivity index (χ1n) is 17.4. The van der Waals surface area contributed by atoms with Crippen LogP contribution in [-0.2, 0) is 12.8 Å². The molecule has 2 aromatic carbocycles. The summed E-state index contributed by atoms with van der Waals surface area (Å²) in [6.45, 7) is 25.6. The monoisotopic (exact) mass is 574 g/mol. The molecule has 0 bridgehead atoms. The molecular formula is C43H58. The van der Waals surface area contributed by atoms with E-state index in [4.69, 9.17) is 0 Å². The number of unbranched alkanes of at least 4 members (excludes halogenated alkanes) is 1. The van der Waals surface area contributed by atoms with E-state index in [0.717, 1.165) is 37.0 Å². The van der Waals surface area contributed by atoms with E-state index in [-0.39, 0.29) is 5.41 Å². The lowest BCUT2D eigenvalue weighted by Gasteiger charge is -2.35. The normalized spacial score (nSPS) is 25.7. The molecule has 4 unspecified atom stereocenters. The third-order valence-corrected chi connectivity index (χ3v) is 11.0. The fraction of sp³-hybridized carbons (Fsp3) is 0.535. The minimum atomic E-state index is 0.286. The van der Waals surface area contributed by atoms with Gasteiger partial charge in [0, 0.05) is 5.92 Å². The van der Waals surface area contributed by atoms with Gasteiger partial charge in [-0.3, -0.25) is 0 Å². The van der Waals surface area contributed by atoms with E-state index in [0.29, 0.717) is 11.8 Å². The fourth-order valence-corrected chi connectivity index (χ4v) is 8.58. The van der Waals surface area contributed by atoms with E-state index in [2.05, 4.69) is 110 Å². The molecule has 1 saturated carbocycles. The second kappa shape index (κ2) is 13.2. The zero-order chi connectivity index (χ0) is 30.9. The molecule has 230 valence electrons. The molecule has 0 N–H and O–H groups in total. The van der Waals surface area contributed by atoms with Gasteiger partial charge in [0.15, 0.2) is 0 Å². The van der Waals surface area contributed by atoms with Crippen LogP contribution in [0.1, 0.15) is 114 Å². The van der Waals surface area contributed by atoms with Crippen molar-refractivity contribution in [2.75, 3.05) is 0 Å². The SMILES string of the molecule is C=C1C=CC(CC(C)(C)C)C(=C)C1CC1=Cc2cccc(-c3cc(C)cc(C)c3C[C@@H]3CCC(CCCC)CC3C)c2C1. The maximum Gasteiger partial charge on any atom is 0.00827 e. The number of benzene rings is 2. The average molecular weight is 575 g/mol. The molecule has 43 heavy (non-hydrogen) atoms. The summed E-state index contributed by atoms with van der Waals surface area (Å²) in [5, 5.41) is 0. The number of hydrogen-bond donors (Lipinski definition) is 0. The second-order valence-electron chi connectivity index (χ2n) is 15.9. The molecule has 3 aliphatic carbocycles. The summed E-state index contributed by atoms with van der Waals surface area (Å²) >= 11 is 0. The predicted molar refractivity (Wildman–Crippen MR) is 189 cm³/mol. The average Bonchev–Trinajstić information content (AvgIpc) is 3.36. The van der Waals surface area contributed by atoms with Crippen molar-refractivity contribution in [1.29, 1.82) is 0 Å². The molecule has 0 heterocycles. The lowest BCUT2D eigenvalue weighted by Crippen LogP contribution is -2.25. The maximum absolute atomic E-state index is 4.64. The summed E-state index contributed by atoms with van der Waals surface area (Å²) in [7, 11) is 0. The fourth-order valence-electron chi connectivity index (χ4n) is 8.58. The van der Waals surface area contributed by atoms with Gasteiger partial charge in [0.1, 0.15) is 0 Å². The highest BCUT2D eigenvalue weighted by atomic mass is 14.4. The zero-order valence-corrected chi connectivity index (χ0v) is 28.5. The maximum atomic E-state index is 4.64. The Morgan fingerprint density at radius 1 is 0.977 bits per heavy atom.